The maximum absolute atomic E-state index is 12.2. The van der Waals surface area contributed by atoms with Gasteiger partial charge in [0.25, 0.3) is 0 Å². The zero-order chi connectivity index (χ0) is 19.3. The average Bonchev–Trinajstić information content (AvgIpc) is 2.67. The highest BCUT2D eigenvalue weighted by atomic mass is 32.2. The zero-order valence-electron chi connectivity index (χ0n) is 14.7. The number of thioether (sulfide) groups is 1. The summed E-state index contributed by atoms with van der Waals surface area (Å²) in [6, 6.07) is 23.0. The Kier molecular flexibility index (Phi) is 6.34. The molecule has 0 aliphatic rings. The lowest BCUT2D eigenvalue weighted by Crippen LogP contribution is -2.16. The summed E-state index contributed by atoms with van der Waals surface area (Å²) in [5, 5.41) is 15.1. The van der Waals surface area contributed by atoms with E-state index in [9.17, 15) is 13.5 Å². The lowest BCUT2D eigenvalue weighted by molar-refractivity contribution is 0.281. The molecule has 0 heterocycles. The van der Waals surface area contributed by atoms with Crippen LogP contribution in [0, 0.1) is 0 Å². The summed E-state index contributed by atoms with van der Waals surface area (Å²) in [6.07, 6.45) is 0.454. The molecule has 0 amide bonds. The van der Waals surface area contributed by atoms with Gasteiger partial charge in [0.1, 0.15) is 0 Å². The Morgan fingerprint density at radius 3 is 2.00 bits per heavy atom. The minimum atomic E-state index is -3.92. The fourth-order valence-corrected chi connectivity index (χ4v) is 4.87. The zero-order valence-corrected chi connectivity index (χ0v) is 16.3. The lowest BCUT2D eigenvalue weighted by atomic mass is 10.0. The number of hydrogen-bond acceptors (Lipinski definition) is 4. The van der Waals surface area contributed by atoms with Crippen LogP contribution < -0.4 is 5.14 Å². The van der Waals surface area contributed by atoms with Gasteiger partial charge in [-0.3, -0.25) is 0 Å². The van der Waals surface area contributed by atoms with Crippen LogP contribution in [-0.4, -0.2) is 13.5 Å². The highest BCUT2D eigenvalue weighted by molar-refractivity contribution is 7.98. The summed E-state index contributed by atoms with van der Waals surface area (Å²) < 4.78 is 24.5. The molecule has 27 heavy (non-hydrogen) atoms. The molecule has 0 saturated carbocycles. The van der Waals surface area contributed by atoms with Crippen LogP contribution in [0.4, 0.5) is 0 Å². The highest BCUT2D eigenvalue weighted by Crippen LogP contribution is 2.33. The highest BCUT2D eigenvalue weighted by Gasteiger charge is 2.20. The van der Waals surface area contributed by atoms with E-state index >= 15 is 0 Å². The van der Waals surface area contributed by atoms with Gasteiger partial charge in [0.05, 0.1) is 11.5 Å². The molecule has 3 aromatic rings. The average molecular weight is 400 g/mol. The van der Waals surface area contributed by atoms with Crippen LogP contribution in [0.2, 0.25) is 0 Å². The summed E-state index contributed by atoms with van der Waals surface area (Å²) >= 11 is 1.55. The molecule has 0 bridgehead atoms. The minimum absolute atomic E-state index is 0.0773. The maximum atomic E-state index is 12.2. The Balaban J connectivity index is 2.05. The summed E-state index contributed by atoms with van der Waals surface area (Å²) in [5.74, 6) is 0.696. The molecular formula is C21H21NO3S2. The SMILES string of the molecule is NS(=O)(=O)c1cc(CO)cc(SCc2ccccc2)c1Cc1ccccc1. The molecule has 0 aliphatic heterocycles. The van der Waals surface area contributed by atoms with Gasteiger partial charge in [-0.1, -0.05) is 60.7 Å². The van der Waals surface area contributed by atoms with Crippen molar-refractivity contribution in [2.45, 2.75) is 28.6 Å². The number of sulfonamides is 1. The van der Waals surface area contributed by atoms with Gasteiger partial charge in [0.15, 0.2) is 0 Å². The van der Waals surface area contributed by atoms with Crippen molar-refractivity contribution in [1.29, 1.82) is 0 Å². The van der Waals surface area contributed by atoms with Gasteiger partial charge < -0.3 is 5.11 Å². The van der Waals surface area contributed by atoms with Gasteiger partial charge in [0.2, 0.25) is 10.0 Å². The van der Waals surface area contributed by atoms with Gasteiger partial charge in [-0.15, -0.1) is 11.8 Å². The molecule has 4 nitrogen and oxygen atoms in total. The van der Waals surface area contributed by atoms with Crippen molar-refractivity contribution >= 4 is 21.8 Å². The molecule has 6 heteroatoms. The van der Waals surface area contributed by atoms with Crippen LogP contribution in [0.25, 0.3) is 0 Å². The van der Waals surface area contributed by atoms with Gasteiger partial charge in [-0.2, -0.15) is 0 Å². The van der Waals surface area contributed by atoms with Gasteiger partial charge in [-0.25, -0.2) is 13.6 Å². The first-order chi connectivity index (χ1) is 13.0. The van der Waals surface area contributed by atoms with Crippen LogP contribution in [0.3, 0.4) is 0 Å². The first-order valence-corrected chi connectivity index (χ1v) is 11.0. The van der Waals surface area contributed by atoms with Gasteiger partial charge in [0, 0.05) is 10.6 Å². The molecule has 140 valence electrons. The third-order valence-electron chi connectivity index (χ3n) is 4.18. The second-order valence-corrected chi connectivity index (χ2v) is 8.76. The van der Waals surface area contributed by atoms with Crippen molar-refractivity contribution in [2.24, 2.45) is 5.14 Å². The van der Waals surface area contributed by atoms with E-state index in [1.165, 1.54) is 6.07 Å². The fourth-order valence-electron chi connectivity index (χ4n) is 2.86. The van der Waals surface area contributed by atoms with Crippen LogP contribution in [-0.2, 0) is 28.8 Å². The topological polar surface area (TPSA) is 80.4 Å². The molecule has 3 N–H and O–H groups in total. The predicted octanol–water partition coefficient (Wildman–Crippen LogP) is 3.71. The van der Waals surface area contributed by atoms with Crippen molar-refractivity contribution < 1.29 is 13.5 Å². The van der Waals surface area contributed by atoms with Crippen molar-refractivity contribution in [1.82, 2.24) is 0 Å². The molecular weight excluding hydrogens is 378 g/mol. The number of aliphatic hydroxyl groups is 1. The molecule has 0 fully saturated rings. The molecule has 3 aromatic carbocycles. The normalized spacial score (nSPS) is 11.5. The van der Waals surface area contributed by atoms with E-state index < -0.39 is 10.0 Å². The second-order valence-electron chi connectivity index (χ2n) is 6.21. The Morgan fingerprint density at radius 1 is 0.852 bits per heavy atom. The molecule has 0 spiro atoms. The van der Waals surface area contributed by atoms with Crippen LogP contribution in [0.5, 0.6) is 0 Å². The van der Waals surface area contributed by atoms with E-state index in [0.717, 1.165) is 16.0 Å². The van der Waals surface area contributed by atoms with E-state index in [2.05, 4.69) is 0 Å². The lowest BCUT2D eigenvalue weighted by Gasteiger charge is -2.16. The number of aliphatic hydroxyl groups excluding tert-OH is 1. The van der Waals surface area contributed by atoms with E-state index in [1.54, 1.807) is 11.8 Å². The number of benzene rings is 3. The molecule has 3 rings (SSSR count). The molecule has 0 saturated heterocycles. The summed E-state index contributed by atoms with van der Waals surface area (Å²) in [4.78, 5) is 0.895. The van der Waals surface area contributed by atoms with Crippen LogP contribution in [0.15, 0.2) is 82.6 Å². The predicted molar refractivity (Wildman–Crippen MR) is 109 cm³/mol. The van der Waals surface area contributed by atoms with Crippen LogP contribution in [0.1, 0.15) is 22.3 Å². The fraction of sp³-hybridized carbons (Fsp3) is 0.143. The monoisotopic (exact) mass is 399 g/mol. The third kappa shape index (κ3) is 5.20. The van der Waals surface area contributed by atoms with Gasteiger partial charge >= 0.3 is 0 Å². The van der Waals surface area contributed by atoms with Crippen molar-refractivity contribution in [3.8, 4) is 0 Å². The van der Waals surface area contributed by atoms with Crippen molar-refractivity contribution in [2.75, 3.05) is 0 Å². The quantitative estimate of drug-likeness (QED) is 0.594. The maximum Gasteiger partial charge on any atom is 0.238 e. The standard InChI is InChI=1S/C21H21NO3S2/c22-27(24,25)21-13-18(14-23)12-20(26-15-17-9-5-2-6-10-17)19(21)11-16-7-3-1-4-8-16/h1-10,12-13,23H,11,14-15H2,(H2,22,24,25). The number of rotatable bonds is 7. The van der Waals surface area contributed by atoms with E-state index in [4.69, 9.17) is 5.14 Å². The summed E-state index contributed by atoms with van der Waals surface area (Å²) in [5.41, 5.74) is 3.34. The molecule has 0 unspecified atom stereocenters. The number of primary sulfonamides is 1. The second kappa shape index (κ2) is 8.71. The number of hydrogen-bond donors (Lipinski definition) is 2. The minimum Gasteiger partial charge on any atom is -0.392 e. The summed E-state index contributed by atoms with van der Waals surface area (Å²) in [6.45, 7) is -0.243. The molecule has 0 atom stereocenters. The Hall–Kier alpha value is -2.12. The van der Waals surface area contributed by atoms with E-state index in [1.807, 2.05) is 66.7 Å². The Morgan fingerprint density at radius 2 is 1.44 bits per heavy atom. The molecule has 0 aliphatic carbocycles. The van der Waals surface area contributed by atoms with E-state index in [-0.39, 0.29) is 11.5 Å². The van der Waals surface area contributed by atoms with Crippen LogP contribution >= 0.6 is 11.8 Å². The molecule has 0 radical (unpaired) electrons. The van der Waals surface area contributed by atoms with Crippen molar-refractivity contribution in [3.05, 3.63) is 95.1 Å². The number of nitrogens with two attached hydrogens (primary N) is 1. The third-order valence-corrected chi connectivity index (χ3v) is 6.31. The molecule has 0 aromatic heterocycles. The van der Waals surface area contributed by atoms with Gasteiger partial charge in [-0.05, 0) is 40.8 Å². The van der Waals surface area contributed by atoms with Crippen molar-refractivity contribution in [3.63, 3.8) is 0 Å². The largest absolute Gasteiger partial charge is 0.392 e. The van der Waals surface area contributed by atoms with E-state index in [0.29, 0.717) is 23.3 Å². The Labute approximate surface area is 164 Å². The first-order valence-electron chi connectivity index (χ1n) is 8.47. The summed E-state index contributed by atoms with van der Waals surface area (Å²) in [7, 11) is -3.92. The Bertz CT molecular complexity index is 1000. The first kappa shape index (κ1) is 19.6. The smallest absolute Gasteiger partial charge is 0.238 e.